The molecule has 0 aliphatic carbocycles. The van der Waals surface area contributed by atoms with E-state index in [1.807, 2.05) is 6.92 Å². The van der Waals surface area contributed by atoms with Gasteiger partial charge in [0.2, 0.25) is 0 Å². The third-order valence-electron chi connectivity index (χ3n) is 1.77. The van der Waals surface area contributed by atoms with Crippen LogP contribution in [0, 0.1) is 0 Å². The highest BCUT2D eigenvalue weighted by atomic mass is 79.9. The summed E-state index contributed by atoms with van der Waals surface area (Å²) in [6.07, 6.45) is 0. The van der Waals surface area contributed by atoms with E-state index in [-0.39, 0.29) is 29.0 Å². The molecule has 5 heteroatoms. The summed E-state index contributed by atoms with van der Waals surface area (Å²) in [5.41, 5.74) is 0.236. The average Bonchev–Trinajstić information content (AvgIpc) is 2.16. The normalized spacial score (nSPS) is 12.1. The van der Waals surface area contributed by atoms with Crippen molar-refractivity contribution in [2.75, 3.05) is 5.33 Å². The summed E-state index contributed by atoms with van der Waals surface area (Å²) in [6, 6.07) is 3.76. The van der Waals surface area contributed by atoms with Crippen molar-refractivity contribution in [1.29, 1.82) is 0 Å². The lowest BCUT2D eigenvalue weighted by Gasteiger charge is -2.10. The zero-order valence-corrected chi connectivity index (χ0v) is 9.78. The number of benzene rings is 1. The number of carbonyl (C=O) groups is 1. The Labute approximate surface area is 96.1 Å². The average molecular weight is 274 g/mol. The quantitative estimate of drug-likeness (QED) is 0.733. The summed E-state index contributed by atoms with van der Waals surface area (Å²) in [4.78, 5) is 11.6. The van der Waals surface area contributed by atoms with E-state index in [2.05, 4.69) is 21.2 Å². The molecular weight excluding hydrogens is 262 g/mol. The van der Waals surface area contributed by atoms with Crippen LogP contribution in [-0.4, -0.2) is 27.5 Å². The largest absolute Gasteiger partial charge is 0.508 e. The predicted octanol–water partition coefficient (Wildman–Crippen LogP) is 1.61. The third kappa shape index (κ3) is 3.43. The van der Waals surface area contributed by atoms with Gasteiger partial charge in [0.05, 0.1) is 0 Å². The fourth-order valence-corrected chi connectivity index (χ4v) is 1.23. The Kier molecular flexibility index (Phi) is 3.96. The minimum Gasteiger partial charge on any atom is -0.508 e. The molecule has 1 atom stereocenters. The summed E-state index contributed by atoms with van der Waals surface area (Å²) >= 11 is 3.23. The Balaban J connectivity index is 2.82. The molecular formula is C10H12BrNO3. The Bertz CT molecular complexity index is 347. The van der Waals surface area contributed by atoms with E-state index in [0.717, 1.165) is 0 Å². The molecule has 1 amide bonds. The van der Waals surface area contributed by atoms with Gasteiger partial charge in [0, 0.05) is 23.0 Å². The number of aromatic hydroxyl groups is 2. The van der Waals surface area contributed by atoms with Crippen LogP contribution in [0.5, 0.6) is 11.5 Å². The maximum atomic E-state index is 11.6. The summed E-state index contributed by atoms with van der Waals surface area (Å²) < 4.78 is 0. The SMILES string of the molecule is CC(CBr)NC(=O)c1cc(O)cc(O)c1. The minimum absolute atomic E-state index is 0.0120. The molecule has 0 bridgehead atoms. The van der Waals surface area contributed by atoms with Crippen LogP contribution in [0.15, 0.2) is 18.2 Å². The number of hydrogen-bond acceptors (Lipinski definition) is 3. The van der Waals surface area contributed by atoms with Crippen LogP contribution in [0.4, 0.5) is 0 Å². The molecule has 15 heavy (non-hydrogen) atoms. The van der Waals surface area contributed by atoms with Gasteiger partial charge in [-0.1, -0.05) is 15.9 Å². The van der Waals surface area contributed by atoms with Crippen molar-refractivity contribution in [3.8, 4) is 11.5 Å². The molecule has 0 heterocycles. The second-order valence-electron chi connectivity index (χ2n) is 3.27. The number of hydrogen-bond donors (Lipinski definition) is 3. The molecule has 1 aromatic rings. The monoisotopic (exact) mass is 273 g/mol. The van der Waals surface area contributed by atoms with Crippen molar-refractivity contribution >= 4 is 21.8 Å². The van der Waals surface area contributed by atoms with Crippen molar-refractivity contribution < 1.29 is 15.0 Å². The topological polar surface area (TPSA) is 69.6 Å². The summed E-state index contributed by atoms with van der Waals surface area (Å²) in [7, 11) is 0. The van der Waals surface area contributed by atoms with Crippen LogP contribution in [0.3, 0.4) is 0 Å². The molecule has 0 aliphatic heterocycles. The fourth-order valence-electron chi connectivity index (χ4n) is 1.07. The molecule has 82 valence electrons. The van der Waals surface area contributed by atoms with E-state index in [4.69, 9.17) is 0 Å². The van der Waals surface area contributed by atoms with Crippen LogP contribution in [0.2, 0.25) is 0 Å². The summed E-state index contributed by atoms with van der Waals surface area (Å²) in [6.45, 7) is 1.84. The van der Waals surface area contributed by atoms with Gasteiger partial charge in [-0.15, -0.1) is 0 Å². The van der Waals surface area contributed by atoms with Gasteiger partial charge in [0.1, 0.15) is 11.5 Å². The first kappa shape index (κ1) is 11.8. The summed E-state index contributed by atoms with van der Waals surface area (Å²) in [5.74, 6) is -0.591. The van der Waals surface area contributed by atoms with Crippen LogP contribution in [0.25, 0.3) is 0 Å². The molecule has 4 nitrogen and oxygen atoms in total. The lowest BCUT2D eigenvalue weighted by Crippen LogP contribution is -2.33. The molecule has 0 spiro atoms. The van der Waals surface area contributed by atoms with E-state index < -0.39 is 0 Å². The van der Waals surface area contributed by atoms with Gasteiger partial charge < -0.3 is 15.5 Å². The zero-order chi connectivity index (χ0) is 11.4. The van der Waals surface area contributed by atoms with E-state index in [0.29, 0.717) is 5.33 Å². The predicted molar refractivity (Wildman–Crippen MR) is 60.5 cm³/mol. The van der Waals surface area contributed by atoms with Gasteiger partial charge in [-0.05, 0) is 19.1 Å². The molecule has 1 unspecified atom stereocenters. The summed E-state index contributed by atoms with van der Waals surface area (Å²) in [5, 5.41) is 21.7. The highest BCUT2D eigenvalue weighted by molar-refractivity contribution is 9.09. The first-order valence-electron chi connectivity index (χ1n) is 4.42. The molecule has 0 aliphatic rings. The van der Waals surface area contributed by atoms with Crippen LogP contribution < -0.4 is 5.32 Å². The number of alkyl halides is 1. The van der Waals surface area contributed by atoms with Crippen molar-refractivity contribution in [1.82, 2.24) is 5.32 Å². The number of phenols is 2. The number of rotatable bonds is 3. The molecule has 1 aromatic carbocycles. The van der Waals surface area contributed by atoms with E-state index in [9.17, 15) is 15.0 Å². The molecule has 0 saturated heterocycles. The number of carbonyl (C=O) groups excluding carboxylic acids is 1. The lowest BCUT2D eigenvalue weighted by molar-refractivity contribution is 0.0943. The van der Waals surface area contributed by atoms with Crippen LogP contribution >= 0.6 is 15.9 Å². The number of nitrogens with one attached hydrogen (secondary N) is 1. The number of phenolic OH excluding ortho intramolecular Hbond substituents is 2. The van der Waals surface area contributed by atoms with Crippen molar-refractivity contribution in [3.63, 3.8) is 0 Å². The van der Waals surface area contributed by atoms with Gasteiger partial charge in [-0.25, -0.2) is 0 Å². The van der Waals surface area contributed by atoms with Crippen molar-refractivity contribution in [3.05, 3.63) is 23.8 Å². The van der Waals surface area contributed by atoms with Gasteiger partial charge in [0.25, 0.3) is 5.91 Å². The molecule has 0 fully saturated rings. The van der Waals surface area contributed by atoms with Crippen molar-refractivity contribution in [2.24, 2.45) is 0 Å². The van der Waals surface area contributed by atoms with Gasteiger partial charge >= 0.3 is 0 Å². The number of amides is 1. The van der Waals surface area contributed by atoms with Gasteiger partial charge in [0.15, 0.2) is 0 Å². The standard InChI is InChI=1S/C10H12BrNO3/c1-6(5-11)12-10(15)7-2-8(13)4-9(14)3-7/h2-4,6,13-14H,5H2,1H3,(H,12,15). The molecule has 0 aromatic heterocycles. The molecule has 3 N–H and O–H groups in total. The highest BCUT2D eigenvalue weighted by Gasteiger charge is 2.10. The Hall–Kier alpha value is -1.23. The Morgan fingerprint density at radius 1 is 1.40 bits per heavy atom. The first-order valence-corrected chi connectivity index (χ1v) is 5.55. The molecule has 0 saturated carbocycles. The highest BCUT2D eigenvalue weighted by Crippen LogP contribution is 2.20. The maximum Gasteiger partial charge on any atom is 0.251 e. The Morgan fingerprint density at radius 2 is 1.93 bits per heavy atom. The van der Waals surface area contributed by atoms with Crippen LogP contribution in [0.1, 0.15) is 17.3 Å². The smallest absolute Gasteiger partial charge is 0.251 e. The first-order chi connectivity index (χ1) is 7.02. The minimum atomic E-state index is -0.326. The zero-order valence-electron chi connectivity index (χ0n) is 8.20. The Morgan fingerprint density at radius 3 is 2.40 bits per heavy atom. The van der Waals surface area contributed by atoms with E-state index >= 15 is 0 Å². The van der Waals surface area contributed by atoms with E-state index in [1.165, 1.54) is 18.2 Å². The van der Waals surface area contributed by atoms with Gasteiger partial charge in [-0.3, -0.25) is 4.79 Å². The van der Waals surface area contributed by atoms with E-state index in [1.54, 1.807) is 0 Å². The van der Waals surface area contributed by atoms with Gasteiger partial charge in [-0.2, -0.15) is 0 Å². The second kappa shape index (κ2) is 5.02. The third-order valence-corrected chi connectivity index (χ3v) is 2.74. The number of halogens is 1. The molecule has 0 radical (unpaired) electrons. The lowest BCUT2D eigenvalue weighted by atomic mass is 10.2. The fraction of sp³-hybridized carbons (Fsp3) is 0.300. The maximum absolute atomic E-state index is 11.6. The van der Waals surface area contributed by atoms with Crippen molar-refractivity contribution in [2.45, 2.75) is 13.0 Å². The molecule has 1 rings (SSSR count). The van der Waals surface area contributed by atoms with Crippen LogP contribution in [-0.2, 0) is 0 Å². The second-order valence-corrected chi connectivity index (χ2v) is 3.91.